The Kier molecular flexibility index (Phi) is 3.02. The van der Waals surface area contributed by atoms with Gasteiger partial charge in [0, 0.05) is 11.6 Å². The number of pyridine rings is 1. The number of nitrogens with two attached hydrogens (primary N) is 1. The van der Waals surface area contributed by atoms with Gasteiger partial charge in [0.2, 0.25) is 0 Å². The van der Waals surface area contributed by atoms with Crippen molar-refractivity contribution in [2.75, 3.05) is 0 Å². The number of hydrogen-bond acceptors (Lipinski definition) is 3. The van der Waals surface area contributed by atoms with Crippen LogP contribution < -0.4 is 5.73 Å². The number of aromatic nitrogens is 1. The molecule has 2 N–H and O–H groups in total. The predicted octanol–water partition coefficient (Wildman–Crippen LogP) is 2.80. The minimum Gasteiger partial charge on any atom is -0.373 e. The van der Waals surface area contributed by atoms with Gasteiger partial charge in [-0.1, -0.05) is 24.3 Å². The Bertz CT molecular complexity index is 550. The van der Waals surface area contributed by atoms with E-state index in [4.69, 9.17) is 10.5 Å². The van der Waals surface area contributed by atoms with Gasteiger partial charge < -0.3 is 10.5 Å². The highest BCUT2D eigenvalue weighted by Gasteiger charge is 2.29. The summed E-state index contributed by atoms with van der Waals surface area (Å²) in [5.74, 6) is 0. The summed E-state index contributed by atoms with van der Waals surface area (Å²) in [7, 11) is 0. The van der Waals surface area contributed by atoms with Crippen LogP contribution >= 0.6 is 0 Å². The van der Waals surface area contributed by atoms with Gasteiger partial charge in [-0.3, -0.25) is 4.98 Å². The SMILES string of the molecule is CC1CCC(C(N)c2cccc3cccnc23)O1. The van der Waals surface area contributed by atoms with Crippen LogP contribution in [-0.4, -0.2) is 17.2 Å². The van der Waals surface area contributed by atoms with E-state index in [1.54, 1.807) is 0 Å². The topological polar surface area (TPSA) is 48.1 Å². The fourth-order valence-electron chi connectivity index (χ4n) is 2.69. The third kappa shape index (κ3) is 2.00. The summed E-state index contributed by atoms with van der Waals surface area (Å²) in [4.78, 5) is 4.46. The average Bonchev–Trinajstić information content (AvgIpc) is 2.84. The van der Waals surface area contributed by atoms with Gasteiger partial charge in [0.05, 0.1) is 23.8 Å². The van der Waals surface area contributed by atoms with Crippen molar-refractivity contribution in [3.63, 3.8) is 0 Å². The summed E-state index contributed by atoms with van der Waals surface area (Å²) < 4.78 is 5.87. The van der Waals surface area contributed by atoms with E-state index in [0.717, 1.165) is 29.3 Å². The van der Waals surface area contributed by atoms with Crippen LogP contribution in [0, 0.1) is 0 Å². The van der Waals surface area contributed by atoms with E-state index in [2.05, 4.69) is 30.1 Å². The summed E-state index contributed by atoms with van der Waals surface area (Å²) in [6, 6.07) is 10.1. The zero-order chi connectivity index (χ0) is 12.5. The Morgan fingerprint density at radius 2 is 2.11 bits per heavy atom. The van der Waals surface area contributed by atoms with Gasteiger partial charge in [-0.15, -0.1) is 0 Å². The van der Waals surface area contributed by atoms with Crippen molar-refractivity contribution in [3.05, 3.63) is 42.1 Å². The average molecular weight is 242 g/mol. The number of rotatable bonds is 2. The molecule has 1 saturated heterocycles. The van der Waals surface area contributed by atoms with Crippen LogP contribution in [0.3, 0.4) is 0 Å². The minimum absolute atomic E-state index is 0.0893. The van der Waals surface area contributed by atoms with Crippen LogP contribution in [-0.2, 0) is 4.74 Å². The molecule has 94 valence electrons. The molecule has 1 aliphatic heterocycles. The fraction of sp³-hybridized carbons (Fsp3) is 0.400. The largest absolute Gasteiger partial charge is 0.373 e. The highest BCUT2D eigenvalue weighted by Crippen LogP contribution is 2.31. The fourth-order valence-corrected chi connectivity index (χ4v) is 2.69. The molecular weight excluding hydrogens is 224 g/mol. The van der Waals surface area contributed by atoms with Crippen LogP contribution in [0.15, 0.2) is 36.5 Å². The molecule has 2 aromatic rings. The van der Waals surface area contributed by atoms with Gasteiger partial charge in [0.15, 0.2) is 0 Å². The minimum atomic E-state index is -0.0893. The Morgan fingerprint density at radius 1 is 1.28 bits per heavy atom. The van der Waals surface area contributed by atoms with Crippen LogP contribution in [0.2, 0.25) is 0 Å². The standard InChI is InChI=1S/C15H18N2O/c1-10-7-8-13(18-10)14(16)12-6-2-4-11-5-3-9-17-15(11)12/h2-6,9-10,13-14H,7-8,16H2,1H3. The molecular formula is C15H18N2O. The Balaban J connectivity index is 1.98. The first kappa shape index (κ1) is 11.6. The predicted molar refractivity (Wildman–Crippen MR) is 72.2 cm³/mol. The van der Waals surface area contributed by atoms with Crippen molar-refractivity contribution in [3.8, 4) is 0 Å². The molecule has 0 bridgehead atoms. The van der Waals surface area contributed by atoms with Gasteiger partial charge >= 0.3 is 0 Å². The van der Waals surface area contributed by atoms with Gasteiger partial charge in [-0.2, -0.15) is 0 Å². The summed E-state index contributed by atoms with van der Waals surface area (Å²) in [6.45, 7) is 2.11. The lowest BCUT2D eigenvalue weighted by molar-refractivity contribution is 0.0403. The summed E-state index contributed by atoms with van der Waals surface area (Å²) >= 11 is 0. The molecule has 0 saturated carbocycles. The van der Waals surface area contributed by atoms with E-state index < -0.39 is 0 Å². The Hall–Kier alpha value is -1.45. The van der Waals surface area contributed by atoms with Crippen molar-refractivity contribution >= 4 is 10.9 Å². The van der Waals surface area contributed by atoms with Gasteiger partial charge in [0.25, 0.3) is 0 Å². The van der Waals surface area contributed by atoms with E-state index >= 15 is 0 Å². The van der Waals surface area contributed by atoms with Crippen molar-refractivity contribution in [2.45, 2.75) is 38.0 Å². The second-order valence-corrected chi connectivity index (χ2v) is 5.01. The maximum atomic E-state index is 6.36. The molecule has 1 fully saturated rings. The lowest BCUT2D eigenvalue weighted by Crippen LogP contribution is -2.26. The molecule has 0 aliphatic carbocycles. The highest BCUT2D eigenvalue weighted by atomic mass is 16.5. The lowest BCUT2D eigenvalue weighted by Gasteiger charge is -2.20. The molecule has 0 spiro atoms. The monoisotopic (exact) mass is 242 g/mol. The first-order chi connectivity index (χ1) is 8.75. The molecule has 0 amide bonds. The van der Waals surface area contributed by atoms with E-state index in [1.807, 2.05) is 18.3 Å². The molecule has 3 unspecified atom stereocenters. The molecule has 3 rings (SSSR count). The molecule has 3 heteroatoms. The summed E-state index contributed by atoms with van der Waals surface area (Å²) in [5.41, 5.74) is 8.45. The molecule has 18 heavy (non-hydrogen) atoms. The normalized spacial score (nSPS) is 25.4. The molecule has 3 atom stereocenters. The maximum absolute atomic E-state index is 6.36. The van der Waals surface area contributed by atoms with E-state index in [1.165, 1.54) is 0 Å². The number of para-hydroxylation sites is 1. The van der Waals surface area contributed by atoms with Crippen LogP contribution in [0.1, 0.15) is 31.4 Å². The summed E-state index contributed by atoms with van der Waals surface area (Å²) in [6.07, 6.45) is 4.38. The van der Waals surface area contributed by atoms with Gasteiger partial charge in [0.1, 0.15) is 0 Å². The lowest BCUT2D eigenvalue weighted by atomic mass is 9.97. The van der Waals surface area contributed by atoms with E-state index in [9.17, 15) is 0 Å². The number of ether oxygens (including phenoxy) is 1. The van der Waals surface area contributed by atoms with E-state index in [0.29, 0.717) is 6.10 Å². The van der Waals surface area contributed by atoms with Crippen molar-refractivity contribution in [2.24, 2.45) is 5.73 Å². The molecule has 3 nitrogen and oxygen atoms in total. The van der Waals surface area contributed by atoms with Crippen LogP contribution in [0.4, 0.5) is 0 Å². The Morgan fingerprint density at radius 3 is 2.89 bits per heavy atom. The Labute approximate surface area is 107 Å². The number of fused-ring (bicyclic) bond motifs is 1. The number of benzene rings is 1. The third-order valence-electron chi connectivity index (χ3n) is 3.69. The zero-order valence-corrected chi connectivity index (χ0v) is 10.5. The quantitative estimate of drug-likeness (QED) is 0.881. The number of hydrogen-bond donors (Lipinski definition) is 1. The molecule has 1 aliphatic rings. The first-order valence-corrected chi connectivity index (χ1v) is 6.50. The smallest absolute Gasteiger partial charge is 0.0773 e. The van der Waals surface area contributed by atoms with Crippen molar-refractivity contribution in [1.29, 1.82) is 0 Å². The maximum Gasteiger partial charge on any atom is 0.0773 e. The van der Waals surface area contributed by atoms with Gasteiger partial charge in [-0.05, 0) is 31.4 Å². The first-order valence-electron chi connectivity index (χ1n) is 6.50. The number of nitrogens with zero attached hydrogens (tertiary/aromatic N) is 1. The van der Waals surface area contributed by atoms with Crippen LogP contribution in [0.25, 0.3) is 10.9 Å². The molecule has 2 heterocycles. The second kappa shape index (κ2) is 4.67. The van der Waals surface area contributed by atoms with Crippen molar-refractivity contribution in [1.82, 2.24) is 4.98 Å². The third-order valence-corrected chi connectivity index (χ3v) is 3.69. The highest BCUT2D eigenvalue weighted by molar-refractivity contribution is 5.82. The van der Waals surface area contributed by atoms with Gasteiger partial charge in [-0.25, -0.2) is 0 Å². The van der Waals surface area contributed by atoms with E-state index in [-0.39, 0.29) is 12.1 Å². The molecule has 1 aromatic carbocycles. The summed E-state index contributed by atoms with van der Waals surface area (Å²) in [5, 5.41) is 1.14. The van der Waals surface area contributed by atoms with Crippen LogP contribution in [0.5, 0.6) is 0 Å². The zero-order valence-electron chi connectivity index (χ0n) is 10.5. The second-order valence-electron chi connectivity index (χ2n) is 5.01. The molecule has 1 aromatic heterocycles. The molecule has 0 radical (unpaired) electrons. The van der Waals surface area contributed by atoms with Crippen molar-refractivity contribution < 1.29 is 4.74 Å².